The molecule has 1 aromatic rings. The Morgan fingerprint density at radius 1 is 1.06 bits per heavy atom. The molecule has 1 atom stereocenters. The van der Waals surface area contributed by atoms with E-state index in [-0.39, 0.29) is 0 Å². The number of piperidine rings is 1. The predicted molar refractivity (Wildman–Crippen MR) is 76.0 cm³/mol. The summed E-state index contributed by atoms with van der Waals surface area (Å²) in [7, 11) is 0. The van der Waals surface area contributed by atoms with Crippen LogP contribution in [-0.2, 0) is 6.42 Å². The average Bonchev–Trinajstić information content (AvgIpc) is 2.93. The Hall–Kier alpha value is -0.860. The van der Waals surface area contributed by atoms with E-state index in [1.807, 2.05) is 0 Å². The Kier molecular flexibility index (Phi) is 3.96. The number of hydrogen-bond donors (Lipinski definition) is 2. The summed E-state index contributed by atoms with van der Waals surface area (Å²) in [6.07, 6.45) is 6.49. The Balaban J connectivity index is 1.67. The van der Waals surface area contributed by atoms with Gasteiger partial charge in [0.1, 0.15) is 0 Å². The van der Waals surface area contributed by atoms with Crippen molar-refractivity contribution >= 4 is 0 Å². The molecular weight excluding hydrogens is 220 g/mol. The molecule has 0 radical (unpaired) electrons. The SMILES string of the molecule is c1cc(CC2CCCN2)cc(C2CCNCC2)c1. The van der Waals surface area contributed by atoms with E-state index in [1.165, 1.54) is 57.3 Å². The lowest BCUT2D eigenvalue weighted by Gasteiger charge is -2.23. The van der Waals surface area contributed by atoms with E-state index < -0.39 is 0 Å². The van der Waals surface area contributed by atoms with E-state index in [0.717, 1.165) is 5.92 Å². The van der Waals surface area contributed by atoms with Crippen molar-refractivity contribution in [3.63, 3.8) is 0 Å². The fourth-order valence-electron chi connectivity index (χ4n) is 3.34. The normalized spacial score (nSPS) is 25.4. The molecule has 2 N–H and O–H groups in total. The van der Waals surface area contributed by atoms with Crippen LogP contribution in [0.5, 0.6) is 0 Å². The molecule has 3 rings (SSSR count). The van der Waals surface area contributed by atoms with Gasteiger partial charge in [-0.1, -0.05) is 24.3 Å². The van der Waals surface area contributed by atoms with Gasteiger partial charge in [0.15, 0.2) is 0 Å². The molecule has 1 aromatic carbocycles. The van der Waals surface area contributed by atoms with E-state index in [0.29, 0.717) is 6.04 Å². The zero-order valence-electron chi connectivity index (χ0n) is 11.1. The Labute approximate surface area is 110 Å². The van der Waals surface area contributed by atoms with Crippen LogP contribution in [0.3, 0.4) is 0 Å². The van der Waals surface area contributed by atoms with E-state index in [9.17, 15) is 0 Å². The highest BCUT2D eigenvalue weighted by Crippen LogP contribution is 2.26. The molecule has 1 unspecified atom stereocenters. The highest BCUT2D eigenvalue weighted by molar-refractivity contribution is 5.27. The van der Waals surface area contributed by atoms with Gasteiger partial charge in [0.05, 0.1) is 0 Å². The number of rotatable bonds is 3. The fraction of sp³-hybridized carbons (Fsp3) is 0.625. The summed E-state index contributed by atoms with van der Waals surface area (Å²) in [6, 6.07) is 10.0. The van der Waals surface area contributed by atoms with Gasteiger partial charge in [0.2, 0.25) is 0 Å². The van der Waals surface area contributed by atoms with Crippen LogP contribution < -0.4 is 10.6 Å². The first-order chi connectivity index (χ1) is 8.92. The van der Waals surface area contributed by atoms with Crippen molar-refractivity contribution in [1.29, 1.82) is 0 Å². The molecule has 98 valence electrons. The van der Waals surface area contributed by atoms with Crippen LogP contribution in [0.15, 0.2) is 24.3 Å². The Bertz CT molecular complexity index is 376. The maximum Gasteiger partial charge on any atom is 0.0108 e. The largest absolute Gasteiger partial charge is 0.317 e. The van der Waals surface area contributed by atoms with E-state index >= 15 is 0 Å². The van der Waals surface area contributed by atoms with Gasteiger partial charge in [-0.05, 0) is 68.8 Å². The second-order valence-electron chi connectivity index (χ2n) is 5.77. The topological polar surface area (TPSA) is 24.1 Å². The summed E-state index contributed by atoms with van der Waals surface area (Å²) in [5.41, 5.74) is 3.08. The minimum Gasteiger partial charge on any atom is -0.317 e. The van der Waals surface area contributed by atoms with Crippen molar-refractivity contribution in [1.82, 2.24) is 10.6 Å². The highest BCUT2D eigenvalue weighted by Gasteiger charge is 2.17. The molecule has 2 saturated heterocycles. The summed E-state index contributed by atoms with van der Waals surface area (Å²) in [6.45, 7) is 3.57. The molecule has 0 aliphatic carbocycles. The quantitative estimate of drug-likeness (QED) is 0.853. The lowest BCUT2D eigenvalue weighted by atomic mass is 9.88. The molecule has 2 fully saturated rings. The third-order valence-corrected chi connectivity index (χ3v) is 4.41. The fourth-order valence-corrected chi connectivity index (χ4v) is 3.34. The lowest BCUT2D eigenvalue weighted by Crippen LogP contribution is -2.27. The first kappa shape index (κ1) is 12.2. The number of hydrogen-bond acceptors (Lipinski definition) is 2. The molecule has 2 nitrogen and oxygen atoms in total. The lowest BCUT2D eigenvalue weighted by molar-refractivity contribution is 0.460. The average molecular weight is 244 g/mol. The monoisotopic (exact) mass is 244 g/mol. The summed E-state index contributed by atoms with van der Waals surface area (Å²) in [5, 5.41) is 7.04. The zero-order valence-corrected chi connectivity index (χ0v) is 11.1. The molecule has 0 bridgehead atoms. The van der Waals surface area contributed by atoms with Gasteiger partial charge >= 0.3 is 0 Å². The maximum absolute atomic E-state index is 3.59. The molecule has 2 heterocycles. The molecule has 0 aromatic heterocycles. The summed E-state index contributed by atoms with van der Waals surface area (Å²) in [4.78, 5) is 0. The van der Waals surface area contributed by atoms with Crippen LogP contribution in [0, 0.1) is 0 Å². The van der Waals surface area contributed by atoms with Gasteiger partial charge in [-0.15, -0.1) is 0 Å². The smallest absolute Gasteiger partial charge is 0.0108 e. The first-order valence-electron chi connectivity index (χ1n) is 7.45. The summed E-state index contributed by atoms with van der Waals surface area (Å²) in [5.74, 6) is 0.780. The van der Waals surface area contributed by atoms with Crippen LogP contribution in [0.2, 0.25) is 0 Å². The second kappa shape index (κ2) is 5.85. The predicted octanol–water partition coefficient (Wildman–Crippen LogP) is 2.45. The molecule has 0 spiro atoms. The number of nitrogens with one attached hydrogen (secondary N) is 2. The first-order valence-corrected chi connectivity index (χ1v) is 7.45. The van der Waals surface area contributed by atoms with E-state index in [2.05, 4.69) is 34.9 Å². The van der Waals surface area contributed by atoms with Crippen molar-refractivity contribution in [3.8, 4) is 0 Å². The van der Waals surface area contributed by atoms with Crippen molar-refractivity contribution in [2.75, 3.05) is 19.6 Å². The Morgan fingerprint density at radius 3 is 2.72 bits per heavy atom. The van der Waals surface area contributed by atoms with Gasteiger partial charge in [-0.3, -0.25) is 0 Å². The van der Waals surface area contributed by atoms with Crippen molar-refractivity contribution in [3.05, 3.63) is 35.4 Å². The van der Waals surface area contributed by atoms with Gasteiger partial charge in [0, 0.05) is 6.04 Å². The van der Waals surface area contributed by atoms with Gasteiger partial charge in [-0.25, -0.2) is 0 Å². The van der Waals surface area contributed by atoms with Crippen LogP contribution >= 0.6 is 0 Å². The van der Waals surface area contributed by atoms with Crippen LogP contribution in [0.4, 0.5) is 0 Å². The van der Waals surface area contributed by atoms with Gasteiger partial charge in [0.25, 0.3) is 0 Å². The van der Waals surface area contributed by atoms with Crippen LogP contribution in [-0.4, -0.2) is 25.7 Å². The van der Waals surface area contributed by atoms with Crippen molar-refractivity contribution in [2.45, 2.75) is 44.1 Å². The molecule has 0 amide bonds. The molecule has 2 heteroatoms. The minimum absolute atomic E-state index is 0.716. The zero-order chi connectivity index (χ0) is 12.2. The maximum atomic E-state index is 3.59. The van der Waals surface area contributed by atoms with Crippen LogP contribution in [0.1, 0.15) is 42.7 Å². The molecule has 2 aliphatic rings. The highest BCUT2D eigenvalue weighted by atomic mass is 14.9. The summed E-state index contributed by atoms with van der Waals surface area (Å²) >= 11 is 0. The van der Waals surface area contributed by atoms with Crippen molar-refractivity contribution in [2.24, 2.45) is 0 Å². The standard InChI is InChI=1S/C16H24N2/c1-3-13(12-16-5-2-8-18-16)11-15(4-1)14-6-9-17-10-7-14/h1,3-4,11,14,16-18H,2,5-10,12H2. The number of benzene rings is 1. The molecular formula is C16H24N2. The minimum atomic E-state index is 0.716. The molecule has 18 heavy (non-hydrogen) atoms. The summed E-state index contributed by atoms with van der Waals surface area (Å²) < 4.78 is 0. The van der Waals surface area contributed by atoms with Gasteiger partial charge in [-0.2, -0.15) is 0 Å². The second-order valence-corrected chi connectivity index (χ2v) is 5.77. The van der Waals surface area contributed by atoms with E-state index in [1.54, 1.807) is 5.56 Å². The Morgan fingerprint density at radius 2 is 1.94 bits per heavy atom. The third kappa shape index (κ3) is 2.93. The molecule has 2 aliphatic heterocycles. The third-order valence-electron chi connectivity index (χ3n) is 4.41. The van der Waals surface area contributed by atoms with Crippen molar-refractivity contribution < 1.29 is 0 Å². The van der Waals surface area contributed by atoms with E-state index in [4.69, 9.17) is 0 Å². The van der Waals surface area contributed by atoms with Gasteiger partial charge < -0.3 is 10.6 Å². The molecule has 0 saturated carbocycles. The van der Waals surface area contributed by atoms with Crippen LogP contribution in [0.25, 0.3) is 0 Å².